The van der Waals surface area contributed by atoms with Gasteiger partial charge in [-0.25, -0.2) is 12.7 Å². The summed E-state index contributed by atoms with van der Waals surface area (Å²) in [6, 6.07) is 37.8. The molecule has 6 rings (SSSR count). The fourth-order valence-electron chi connectivity index (χ4n) is 5.88. The lowest BCUT2D eigenvalue weighted by atomic mass is 9.76. The average molecular weight is 604 g/mol. The number of ether oxygens (including phenoxy) is 3. The number of fused-ring (bicyclic) bond motifs is 1. The molecule has 1 unspecified atom stereocenters. The van der Waals surface area contributed by atoms with Gasteiger partial charge in [-0.3, -0.25) is 0 Å². The zero-order valence-electron chi connectivity index (χ0n) is 25.0. The molecule has 0 saturated carbocycles. The normalized spacial score (nSPS) is 16.1. The summed E-state index contributed by atoms with van der Waals surface area (Å²) >= 11 is 0. The van der Waals surface area contributed by atoms with E-state index in [1.807, 2.05) is 110 Å². The largest absolute Gasteiger partial charge is 0.497 e. The van der Waals surface area contributed by atoms with E-state index in [0.29, 0.717) is 28.5 Å². The third-order valence-electron chi connectivity index (χ3n) is 8.07. The molecule has 0 amide bonds. The molecule has 0 fully saturated rings. The van der Waals surface area contributed by atoms with E-state index in [9.17, 15) is 0 Å². The molecule has 0 saturated heterocycles. The van der Waals surface area contributed by atoms with Gasteiger partial charge < -0.3 is 14.2 Å². The fourth-order valence-corrected chi connectivity index (χ4v) is 7.63. The number of aryl methyl sites for hydroxylation is 1. The van der Waals surface area contributed by atoms with Crippen molar-refractivity contribution in [3.05, 3.63) is 155 Å². The van der Waals surface area contributed by atoms with Gasteiger partial charge in [0, 0.05) is 11.6 Å². The predicted molar refractivity (Wildman–Crippen MR) is 174 cm³/mol. The molecule has 0 aliphatic carbocycles. The lowest BCUT2D eigenvalue weighted by Crippen LogP contribution is -2.51. The molecule has 0 bridgehead atoms. The molecule has 0 N–H and O–H groups in total. The van der Waals surface area contributed by atoms with Gasteiger partial charge in [-0.1, -0.05) is 90.5 Å². The van der Waals surface area contributed by atoms with Crippen molar-refractivity contribution in [1.82, 2.24) is 0 Å². The highest BCUT2D eigenvalue weighted by molar-refractivity contribution is 7.93. The highest BCUT2D eigenvalue weighted by Gasteiger charge is 2.50. The van der Waals surface area contributed by atoms with Crippen LogP contribution in [0.25, 0.3) is 5.57 Å². The molecule has 0 radical (unpaired) electrons. The molecule has 1 atom stereocenters. The first kappa shape index (κ1) is 29.1. The molecular formula is C37H33NO5S. The van der Waals surface area contributed by atoms with E-state index in [1.165, 1.54) is 4.31 Å². The van der Waals surface area contributed by atoms with Crippen molar-refractivity contribution >= 4 is 21.3 Å². The van der Waals surface area contributed by atoms with Gasteiger partial charge >= 0.3 is 0 Å². The standard InChI is InChI=1S/C37H33NO5S/c1-26-15-21-31(22-16-26)44(39,40)38-34-24-36(43-4)35(42-3)23-32(34)33(27-11-7-5-8-12-27)25-37(38,28-13-9-6-10-14-28)29-17-19-30(41-2)20-18-29/h5-25H,1-4H3. The quantitative estimate of drug-likeness (QED) is 0.183. The Bertz CT molecular complexity index is 1920. The summed E-state index contributed by atoms with van der Waals surface area (Å²) in [7, 11) is 0.535. The second kappa shape index (κ2) is 11.6. The first-order valence-electron chi connectivity index (χ1n) is 14.2. The van der Waals surface area contributed by atoms with Crippen molar-refractivity contribution < 1.29 is 22.6 Å². The molecule has 5 aromatic carbocycles. The number of hydrogen-bond donors (Lipinski definition) is 0. The van der Waals surface area contributed by atoms with Crippen LogP contribution in [-0.4, -0.2) is 29.7 Å². The van der Waals surface area contributed by atoms with Crippen LogP contribution in [0.5, 0.6) is 17.2 Å². The second-order valence-electron chi connectivity index (χ2n) is 10.6. The van der Waals surface area contributed by atoms with Crippen molar-refractivity contribution in [2.24, 2.45) is 0 Å². The van der Waals surface area contributed by atoms with Gasteiger partial charge in [0.1, 0.15) is 11.3 Å². The molecule has 1 aliphatic rings. The van der Waals surface area contributed by atoms with E-state index in [4.69, 9.17) is 14.2 Å². The smallest absolute Gasteiger partial charge is 0.265 e. The van der Waals surface area contributed by atoms with Gasteiger partial charge in [0.05, 0.1) is 31.9 Å². The fraction of sp³-hybridized carbons (Fsp3) is 0.135. The third kappa shape index (κ3) is 4.79. The molecule has 6 nitrogen and oxygen atoms in total. The minimum atomic E-state index is -4.20. The van der Waals surface area contributed by atoms with Gasteiger partial charge in [0.25, 0.3) is 10.0 Å². The molecule has 0 spiro atoms. The zero-order chi connectivity index (χ0) is 30.9. The Morgan fingerprint density at radius 2 is 1.20 bits per heavy atom. The van der Waals surface area contributed by atoms with E-state index >= 15 is 8.42 Å². The van der Waals surface area contributed by atoms with Crippen LogP contribution in [0.2, 0.25) is 0 Å². The van der Waals surface area contributed by atoms with Crippen LogP contribution in [0.4, 0.5) is 5.69 Å². The summed E-state index contributed by atoms with van der Waals surface area (Å²) in [6.45, 7) is 1.93. The zero-order valence-corrected chi connectivity index (χ0v) is 25.8. The number of hydrogen-bond acceptors (Lipinski definition) is 5. The summed E-state index contributed by atoms with van der Waals surface area (Å²) in [4.78, 5) is 0.175. The summed E-state index contributed by atoms with van der Waals surface area (Å²) in [6.07, 6.45) is 2.06. The number of nitrogens with zero attached hydrogens (tertiary/aromatic N) is 1. The van der Waals surface area contributed by atoms with Crippen LogP contribution in [0, 0.1) is 6.92 Å². The number of sulfonamides is 1. The average Bonchev–Trinajstić information content (AvgIpc) is 3.07. The lowest BCUT2D eigenvalue weighted by Gasteiger charge is -2.47. The molecule has 5 aromatic rings. The van der Waals surface area contributed by atoms with E-state index in [0.717, 1.165) is 27.8 Å². The molecule has 222 valence electrons. The number of anilines is 1. The second-order valence-corrected chi connectivity index (χ2v) is 12.4. The van der Waals surface area contributed by atoms with Gasteiger partial charge in [-0.2, -0.15) is 0 Å². The van der Waals surface area contributed by atoms with Crippen molar-refractivity contribution in [1.29, 1.82) is 0 Å². The minimum absolute atomic E-state index is 0.175. The third-order valence-corrected chi connectivity index (χ3v) is 9.91. The SMILES string of the molecule is COc1ccc(C2(c3ccccc3)C=C(c3ccccc3)c3cc(OC)c(OC)cc3N2S(=O)(=O)c2ccc(C)cc2)cc1. The monoisotopic (exact) mass is 603 g/mol. The molecule has 0 aromatic heterocycles. The molecule has 1 aliphatic heterocycles. The number of benzene rings is 5. The maximum atomic E-state index is 15.1. The molecule has 44 heavy (non-hydrogen) atoms. The van der Waals surface area contributed by atoms with E-state index < -0.39 is 15.6 Å². The molecule has 7 heteroatoms. The molecule has 1 heterocycles. The highest BCUT2D eigenvalue weighted by atomic mass is 32.2. The topological polar surface area (TPSA) is 65.1 Å². The van der Waals surface area contributed by atoms with Gasteiger partial charge in [0.15, 0.2) is 11.5 Å². The van der Waals surface area contributed by atoms with Crippen LogP contribution >= 0.6 is 0 Å². The van der Waals surface area contributed by atoms with Crippen molar-refractivity contribution in [3.63, 3.8) is 0 Å². The Balaban J connectivity index is 1.81. The van der Waals surface area contributed by atoms with Gasteiger partial charge in [0.2, 0.25) is 0 Å². The Morgan fingerprint density at radius 1 is 0.636 bits per heavy atom. The van der Waals surface area contributed by atoms with Crippen LogP contribution < -0.4 is 18.5 Å². The lowest BCUT2D eigenvalue weighted by molar-refractivity contribution is 0.355. The summed E-state index contributed by atoms with van der Waals surface area (Å²) in [5, 5.41) is 0. The minimum Gasteiger partial charge on any atom is -0.497 e. The van der Waals surface area contributed by atoms with Crippen molar-refractivity contribution in [3.8, 4) is 17.2 Å². The Labute approximate surface area is 258 Å². The Hall–Kier alpha value is -5.01. The summed E-state index contributed by atoms with van der Waals surface area (Å²) in [5.74, 6) is 1.58. The van der Waals surface area contributed by atoms with Crippen LogP contribution in [0.3, 0.4) is 0 Å². The van der Waals surface area contributed by atoms with E-state index in [-0.39, 0.29) is 4.90 Å². The van der Waals surface area contributed by atoms with E-state index in [2.05, 4.69) is 6.08 Å². The first-order valence-corrected chi connectivity index (χ1v) is 15.6. The maximum Gasteiger partial charge on any atom is 0.265 e. The number of methoxy groups -OCH3 is 3. The van der Waals surface area contributed by atoms with Crippen molar-refractivity contribution in [2.45, 2.75) is 17.4 Å². The maximum absolute atomic E-state index is 15.1. The van der Waals surface area contributed by atoms with Crippen LogP contribution in [0.1, 0.15) is 27.8 Å². The predicted octanol–water partition coefficient (Wildman–Crippen LogP) is 7.61. The van der Waals surface area contributed by atoms with Gasteiger partial charge in [-0.05, 0) is 65.6 Å². The summed E-state index contributed by atoms with van der Waals surface area (Å²) < 4.78 is 48.8. The highest BCUT2D eigenvalue weighted by Crippen LogP contribution is 2.54. The van der Waals surface area contributed by atoms with Crippen LogP contribution in [-0.2, 0) is 15.6 Å². The first-order chi connectivity index (χ1) is 21.3. The van der Waals surface area contributed by atoms with Crippen LogP contribution in [0.15, 0.2) is 132 Å². The Morgan fingerprint density at radius 3 is 1.80 bits per heavy atom. The number of rotatable bonds is 8. The van der Waals surface area contributed by atoms with E-state index in [1.54, 1.807) is 39.5 Å². The molecular weight excluding hydrogens is 570 g/mol. The Kier molecular flexibility index (Phi) is 7.66. The van der Waals surface area contributed by atoms with Gasteiger partial charge in [-0.15, -0.1) is 0 Å². The summed E-state index contributed by atoms with van der Waals surface area (Å²) in [5.41, 5.74) is 4.12. The van der Waals surface area contributed by atoms with Crippen molar-refractivity contribution in [2.75, 3.05) is 25.6 Å².